The third-order valence-corrected chi connectivity index (χ3v) is 4.68. The van der Waals surface area contributed by atoms with E-state index in [0.29, 0.717) is 20.0 Å². The number of rotatable bonds is 6. The normalized spacial score (nSPS) is 12.0. The van der Waals surface area contributed by atoms with Gasteiger partial charge in [0.05, 0.1) is 10.6 Å². The van der Waals surface area contributed by atoms with Gasteiger partial charge >= 0.3 is 5.97 Å². The number of hydrogen-bond acceptors (Lipinski definition) is 2. The van der Waals surface area contributed by atoms with E-state index in [9.17, 15) is 9.59 Å². The molecule has 0 aliphatic carbocycles. The van der Waals surface area contributed by atoms with Crippen LogP contribution in [0.15, 0.2) is 12.1 Å². The van der Waals surface area contributed by atoms with Crippen LogP contribution in [-0.4, -0.2) is 23.0 Å². The number of benzene rings is 1. The number of carboxylic acid groups (broad SMARTS) is 1. The highest BCUT2D eigenvalue weighted by atomic mass is 127. The van der Waals surface area contributed by atoms with E-state index in [4.69, 9.17) is 28.3 Å². The molecule has 1 amide bonds. The number of aliphatic carboxylic acids is 1. The maximum Gasteiger partial charge on any atom is 0.326 e. The number of carbonyl (C=O) groups excluding carboxylic acids is 1. The van der Waals surface area contributed by atoms with Gasteiger partial charge in [-0.25, -0.2) is 4.79 Å². The minimum atomic E-state index is -1.05. The Morgan fingerprint density at radius 1 is 1.40 bits per heavy atom. The van der Waals surface area contributed by atoms with Crippen LogP contribution in [0.25, 0.3) is 0 Å². The zero-order valence-corrected chi connectivity index (χ0v) is 14.4. The van der Waals surface area contributed by atoms with Crippen LogP contribution in [0.3, 0.4) is 0 Å². The Hall–Kier alpha value is -0.530. The second-order valence-electron chi connectivity index (χ2n) is 4.26. The van der Waals surface area contributed by atoms with Crippen molar-refractivity contribution in [2.45, 2.75) is 32.2 Å². The van der Waals surface area contributed by atoms with Crippen molar-refractivity contribution >= 4 is 57.7 Å². The fraction of sp³-hybridized carbons (Fsp3) is 0.385. The highest BCUT2D eigenvalue weighted by Crippen LogP contribution is 2.26. The van der Waals surface area contributed by atoms with Crippen molar-refractivity contribution in [1.82, 2.24) is 5.32 Å². The third kappa shape index (κ3) is 4.79. The number of carboxylic acids is 1. The number of halogens is 3. The van der Waals surface area contributed by atoms with E-state index in [-0.39, 0.29) is 5.56 Å². The lowest BCUT2D eigenvalue weighted by Gasteiger charge is -2.15. The number of nitrogens with one attached hydrogen (secondary N) is 1. The van der Waals surface area contributed by atoms with Crippen molar-refractivity contribution in [2.75, 3.05) is 0 Å². The average Bonchev–Trinajstić information content (AvgIpc) is 2.38. The summed E-state index contributed by atoms with van der Waals surface area (Å²) in [6.07, 6.45) is 1.98. The minimum absolute atomic E-state index is 0.283. The fourth-order valence-electron chi connectivity index (χ4n) is 1.62. The maximum absolute atomic E-state index is 12.2. The molecule has 0 radical (unpaired) electrons. The van der Waals surface area contributed by atoms with E-state index in [1.165, 1.54) is 12.1 Å². The monoisotopic (exact) mass is 429 g/mol. The van der Waals surface area contributed by atoms with E-state index < -0.39 is 17.9 Å². The van der Waals surface area contributed by atoms with Crippen LogP contribution in [0.2, 0.25) is 10.0 Å². The van der Waals surface area contributed by atoms with Gasteiger partial charge in [0.2, 0.25) is 0 Å². The number of unbranched alkanes of at least 4 members (excludes halogenated alkanes) is 1. The molecule has 0 aromatic heterocycles. The SMILES string of the molecule is CCCCC(NC(=O)c1cc(Cl)cc(Cl)c1I)C(=O)O. The van der Waals surface area contributed by atoms with Crippen LogP contribution < -0.4 is 5.32 Å². The molecule has 0 fully saturated rings. The molecule has 1 aromatic rings. The van der Waals surface area contributed by atoms with E-state index in [1.807, 2.05) is 29.5 Å². The maximum atomic E-state index is 12.2. The van der Waals surface area contributed by atoms with E-state index >= 15 is 0 Å². The van der Waals surface area contributed by atoms with Crippen molar-refractivity contribution in [3.8, 4) is 0 Å². The van der Waals surface area contributed by atoms with Crippen LogP contribution in [0.4, 0.5) is 0 Å². The average molecular weight is 430 g/mol. The van der Waals surface area contributed by atoms with Gasteiger partial charge in [0, 0.05) is 8.59 Å². The van der Waals surface area contributed by atoms with Crippen LogP contribution >= 0.6 is 45.8 Å². The van der Waals surface area contributed by atoms with Crippen molar-refractivity contribution in [2.24, 2.45) is 0 Å². The molecule has 0 bridgehead atoms. The van der Waals surface area contributed by atoms with Crippen molar-refractivity contribution in [1.29, 1.82) is 0 Å². The summed E-state index contributed by atoms with van der Waals surface area (Å²) in [4.78, 5) is 23.3. The van der Waals surface area contributed by atoms with Gasteiger partial charge in [-0.2, -0.15) is 0 Å². The van der Waals surface area contributed by atoms with Gasteiger partial charge in [-0.05, 0) is 41.1 Å². The molecule has 1 aromatic carbocycles. The second-order valence-corrected chi connectivity index (χ2v) is 6.18. The smallest absolute Gasteiger partial charge is 0.326 e. The van der Waals surface area contributed by atoms with Crippen molar-refractivity contribution in [3.05, 3.63) is 31.3 Å². The number of amides is 1. The van der Waals surface area contributed by atoms with Crippen molar-refractivity contribution in [3.63, 3.8) is 0 Å². The summed E-state index contributed by atoms with van der Waals surface area (Å²) in [7, 11) is 0. The van der Waals surface area contributed by atoms with E-state index in [0.717, 1.165) is 12.8 Å². The van der Waals surface area contributed by atoms with E-state index in [1.54, 1.807) is 0 Å². The summed E-state index contributed by atoms with van der Waals surface area (Å²) in [5.41, 5.74) is 0.283. The van der Waals surface area contributed by atoms with Gasteiger partial charge in [-0.1, -0.05) is 43.0 Å². The minimum Gasteiger partial charge on any atom is -0.480 e. The van der Waals surface area contributed by atoms with E-state index in [2.05, 4.69) is 5.32 Å². The number of hydrogen-bond donors (Lipinski definition) is 2. The molecule has 4 nitrogen and oxygen atoms in total. The molecule has 1 rings (SSSR count). The third-order valence-electron chi connectivity index (χ3n) is 2.69. The second kappa shape index (κ2) is 8.05. The van der Waals surface area contributed by atoms with Gasteiger partial charge in [0.25, 0.3) is 5.91 Å². The molecule has 0 saturated heterocycles. The first-order valence-electron chi connectivity index (χ1n) is 6.05. The summed E-state index contributed by atoms with van der Waals surface area (Å²) in [6.45, 7) is 1.96. The summed E-state index contributed by atoms with van der Waals surface area (Å²) in [5, 5.41) is 12.3. The van der Waals surface area contributed by atoms with Gasteiger partial charge < -0.3 is 10.4 Å². The predicted octanol–water partition coefficient (Wildman–Crippen LogP) is 3.97. The molecule has 1 unspecified atom stereocenters. The van der Waals surface area contributed by atoms with Crippen LogP contribution in [0, 0.1) is 3.57 Å². The molecule has 20 heavy (non-hydrogen) atoms. The first-order chi connectivity index (χ1) is 9.36. The molecule has 110 valence electrons. The predicted molar refractivity (Wildman–Crippen MR) is 87.6 cm³/mol. The highest BCUT2D eigenvalue weighted by molar-refractivity contribution is 14.1. The van der Waals surface area contributed by atoms with Crippen LogP contribution in [-0.2, 0) is 4.79 Å². The van der Waals surface area contributed by atoms with Crippen molar-refractivity contribution < 1.29 is 14.7 Å². The lowest BCUT2D eigenvalue weighted by molar-refractivity contribution is -0.139. The zero-order chi connectivity index (χ0) is 15.3. The summed E-state index contributed by atoms with van der Waals surface area (Å²) < 4.78 is 0.547. The molecule has 0 saturated carbocycles. The molecule has 0 aliphatic rings. The Balaban J connectivity index is 2.92. The molecule has 0 aliphatic heterocycles. The van der Waals surface area contributed by atoms with Gasteiger partial charge in [0.15, 0.2) is 0 Å². The molecule has 2 N–H and O–H groups in total. The largest absolute Gasteiger partial charge is 0.480 e. The van der Waals surface area contributed by atoms with Gasteiger partial charge in [-0.15, -0.1) is 0 Å². The molecule has 1 atom stereocenters. The summed E-state index contributed by atoms with van der Waals surface area (Å²) in [5.74, 6) is -1.53. The highest BCUT2D eigenvalue weighted by Gasteiger charge is 2.22. The molecular formula is C13H14Cl2INO3. The van der Waals surface area contributed by atoms with Gasteiger partial charge in [0.1, 0.15) is 6.04 Å². The fourth-order valence-corrected chi connectivity index (χ4v) is 2.67. The van der Waals surface area contributed by atoms with Gasteiger partial charge in [-0.3, -0.25) is 4.79 Å². The molecule has 0 heterocycles. The standard InChI is InChI=1S/C13H14Cl2INO3/c1-2-3-4-10(13(19)20)17-12(18)8-5-7(14)6-9(15)11(8)16/h5-6,10H,2-4H2,1H3,(H,17,18)(H,19,20). The Bertz CT molecular complexity index is 523. The Morgan fingerprint density at radius 3 is 2.60 bits per heavy atom. The molecular weight excluding hydrogens is 416 g/mol. The quantitative estimate of drug-likeness (QED) is 0.531. The lowest BCUT2D eigenvalue weighted by Crippen LogP contribution is -2.41. The summed E-state index contributed by atoms with van der Waals surface area (Å²) in [6, 6.07) is 2.10. The Labute approximate surface area is 141 Å². The first-order valence-corrected chi connectivity index (χ1v) is 7.88. The topological polar surface area (TPSA) is 66.4 Å². The molecule has 0 spiro atoms. The van der Waals surface area contributed by atoms with Crippen LogP contribution in [0.5, 0.6) is 0 Å². The first kappa shape index (κ1) is 17.5. The molecule has 7 heteroatoms. The Kier molecular flexibility index (Phi) is 7.05. The zero-order valence-electron chi connectivity index (χ0n) is 10.8. The Morgan fingerprint density at radius 2 is 2.05 bits per heavy atom. The number of carbonyl (C=O) groups is 2. The lowest BCUT2D eigenvalue weighted by atomic mass is 10.1. The summed E-state index contributed by atoms with van der Waals surface area (Å²) >= 11 is 13.8. The van der Waals surface area contributed by atoms with Crippen LogP contribution in [0.1, 0.15) is 36.5 Å².